The van der Waals surface area contributed by atoms with Gasteiger partial charge in [-0.25, -0.2) is 0 Å². The van der Waals surface area contributed by atoms with E-state index in [0.717, 1.165) is 16.8 Å². The van der Waals surface area contributed by atoms with Gasteiger partial charge in [-0.2, -0.15) is 0 Å². The van der Waals surface area contributed by atoms with Crippen molar-refractivity contribution >= 4 is 10.8 Å². The Labute approximate surface area is 136 Å². The molecule has 3 aromatic carbocycles. The normalized spacial score (nSPS) is 10.8. The molecule has 0 atom stereocenters. The van der Waals surface area contributed by atoms with E-state index in [0.29, 0.717) is 0 Å². The van der Waals surface area contributed by atoms with E-state index in [-0.39, 0.29) is 0 Å². The second-order valence-electron chi connectivity index (χ2n) is 5.76. The molecule has 0 amide bonds. The van der Waals surface area contributed by atoms with Crippen LogP contribution in [0.1, 0.15) is 5.56 Å². The predicted molar refractivity (Wildman–Crippen MR) is 97.4 cm³/mol. The number of rotatable bonds is 2. The minimum Gasteiger partial charge on any atom is -0.256 e. The molecular formula is C22H17N. The lowest BCUT2D eigenvalue weighted by atomic mass is 9.96. The molecule has 0 unspecified atom stereocenters. The van der Waals surface area contributed by atoms with Gasteiger partial charge in [-0.15, -0.1) is 0 Å². The van der Waals surface area contributed by atoms with Gasteiger partial charge in [0.2, 0.25) is 0 Å². The molecule has 1 heteroatoms. The van der Waals surface area contributed by atoms with Gasteiger partial charge >= 0.3 is 0 Å². The molecule has 0 bridgehead atoms. The number of pyridine rings is 1. The molecule has 0 radical (unpaired) electrons. The molecule has 0 aliphatic carbocycles. The van der Waals surface area contributed by atoms with E-state index in [1.165, 1.54) is 21.9 Å². The quantitative estimate of drug-likeness (QED) is 0.450. The highest BCUT2D eigenvalue weighted by molar-refractivity contribution is 5.91. The van der Waals surface area contributed by atoms with Gasteiger partial charge in [0, 0.05) is 17.3 Å². The lowest BCUT2D eigenvalue weighted by molar-refractivity contribution is 1.32. The summed E-state index contributed by atoms with van der Waals surface area (Å²) < 4.78 is 0. The summed E-state index contributed by atoms with van der Waals surface area (Å²) in [4.78, 5) is 4.65. The van der Waals surface area contributed by atoms with Gasteiger partial charge in [0.25, 0.3) is 0 Å². The van der Waals surface area contributed by atoms with Crippen LogP contribution < -0.4 is 0 Å². The highest BCUT2D eigenvalue weighted by atomic mass is 14.7. The average Bonchev–Trinajstić information content (AvgIpc) is 2.63. The summed E-state index contributed by atoms with van der Waals surface area (Å²) in [7, 11) is 0. The SMILES string of the molecule is Cc1c(-c2ccc(-c3ccccc3)nc2)ccc2ccccc12. The monoisotopic (exact) mass is 295 g/mol. The first-order valence-corrected chi connectivity index (χ1v) is 7.83. The fourth-order valence-electron chi connectivity index (χ4n) is 3.07. The molecular weight excluding hydrogens is 278 g/mol. The largest absolute Gasteiger partial charge is 0.256 e. The second kappa shape index (κ2) is 5.69. The van der Waals surface area contributed by atoms with Gasteiger partial charge in [0.05, 0.1) is 5.69 Å². The highest BCUT2D eigenvalue weighted by Crippen LogP contribution is 2.30. The van der Waals surface area contributed by atoms with E-state index in [1.807, 2.05) is 24.4 Å². The van der Waals surface area contributed by atoms with Crippen LogP contribution in [0.25, 0.3) is 33.2 Å². The lowest BCUT2D eigenvalue weighted by Gasteiger charge is -2.10. The van der Waals surface area contributed by atoms with Crippen molar-refractivity contribution in [3.8, 4) is 22.4 Å². The molecule has 0 saturated carbocycles. The topological polar surface area (TPSA) is 12.9 Å². The summed E-state index contributed by atoms with van der Waals surface area (Å²) >= 11 is 0. The molecule has 1 aromatic heterocycles. The fraction of sp³-hybridized carbons (Fsp3) is 0.0455. The van der Waals surface area contributed by atoms with Crippen LogP contribution in [0.15, 0.2) is 85.1 Å². The third-order valence-corrected chi connectivity index (χ3v) is 4.34. The number of hydrogen-bond acceptors (Lipinski definition) is 1. The van der Waals surface area contributed by atoms with Crippen LogP contribution in [-0.2, 0) is 0 Å². The van der Waals surface area contributed by atoms with Gasteiger partial charge in [-0.1, -0.05) is 72.8 Å². The zero-order valence-corrected chi connectivity index (χ0v) is 13.0. The van der Waals surface area contributed by atoms with Gasteiger partial charge in [0.15, 0.2) is 0 Å². The first kappa shape index (κ1) is 13.7. The Morgan fingerprint density at radius 2 is 1.43 bits per heavy atom. The smallest absolute Gasteiger partial charge is 0.0702 e. The van der Waals surface area contributed by atoms with Crippen molar-refractivity contribution in [2.24, 2.45) is 0 Å². The Bertz CT molecular complexity index is 954. The molecule has 0 N–H and O–H groups in total. The van der Waals surface area contributed by atoms with E-state index in [9.17, 15) is 0 Å². The first-order valence-electron chi connectivity index (χ1n) is 7.83. The molecule has 110 valence electrons. The third kappa shape index (κ3) is 2.51. The summed E-state index contributed by atoms with van der Waals surface area (Å²) in [6, 6.07) is 27.4. The Kier molecular flexibility index (Phi) is 3.39. The second-order valence-corrected chi connectivity index (χ2v) is 5.76. The van der Waals surface area contributed by atoms with Crippen LogP contribution in [0.3, 0.4) is 0 Å². The zero-order chi connectivity index (χ0) is 15.6. The summed E-state index contributed by atoms with van der Waals surface area (Å²) in [6.07, 6.45) is 1.97. The van der Waals surface area contributed by atoms with Crippen LogP contribution in [-0.4, -0.2) is 4.98 Å². The molecule has 0 aliphatic rings. The Balaban J connectivity index is 1.78. The number of aromatic nitrogens is 1. The molecule has 4 aromatic rings. The standard InChI is InChI=1S/C22H17N/c1-16-20-10-6-5-7-17(20)11-13-21(16)19-12-14-22(23-15-19)18-8-3-2-4-9-18/h2-15H,1H3. The third-order valence-electron chi connectivity index (χ3n) is 4.34. The van der Waals surface area contributed by atoms with Gasteiger partial charge < -0.3 is 0 Å². The van der Waals surface area contributed by atoms with E-state index < -0.39 is 0 Å². The minimum absolute atomic E-state index is 1.01. The summed E-state index contributed by atoms with van der Waals surface area (Å²) in [5.41, 5.74) is 5.86. The van der Waals surface area contributed by atoms with E-state index >= 15 is 0 Å². The Hall–Kier alpha value is -2.93. The maximum Gasteiger partial charge on any atom is 0.0702 e. The zero-order valence-electron chi connectivity index (χ0n) is 13.0. The molecule has 23 heavy (non-hydrogen) atoms. The van der Waals surface area contributed by atoms with Crippen LogP contribution in [0, 0.1) is 6.92 Å². The van der Waals surface area contributed by atoms with Crippen molar-refractivity contribution in [2.75, 3.05) is 0 Å². The summed E-state index contributed by atoms with van der Waals surface area (Å²) in [6.45, 7) is 2.18. The molecule has 1 heterocycles. The molecule has 0 fully saturated rings. The van der Waals surface area contributed by atoms with E-state index in [2.05, 4.69) is 72.6 Å². The molecule has 1 nitrogen and oxygen atoms in total. The van der Waals surface area contributed by atoms with Gasteiger partial charge in [-0.3, -0.25) is 4.98 Å². The Morgan fingerprint density at radius 1 is 0.652 bits per heavy atom. The minimum atomic E-state index is 1.01. The van der Waals surface area contributed by atoms with Crippen LogP contribution in [0.4, 0.5) is 0 Å². The summed E-state index contributed by atoms with van der Waals surface area (Å²) in [5, 5.41) is 2.58. The van der Waals surface area contributed by atoms with Crippen molar-refractivity contribution in [3.05, 3.63) is 90.6 Å². The molecule has 0 spiro atoms. The molecule has 4 rings (SSSR count). The van der Waals surface area contributed by atoms with Crippen molar-refractivity contribution in [3.63, 3.8) is 0 Å². The van der Waals surface area contributed by atoms with E-state index in [4.69, 9.17) is 0 Å². The number of fused-ring (bicyclic) bond motifs is 1. The van der Waals surface area contributed by atoms with Crippen molar-refractivity contribution in [1.29, 1.82) is 0 Å². The predicted octanol–water partition coefficient (Wildman–Crippen LogP) is 5.88. The molecule has 0 aliphatic heterocycles. The average molecular weight is 295 g/mol. The first-order chi connectivity index (χ1) is 11.3. The van der Waals surface area contributed by atoms with Gasteiger partial charge in [0.1, 0.15) is 0 Å². The number of benzene rings is 3. The molecule has 0 saturated heterocycles. The maximum atomic E-state index is 4.65. The van der Waals surface area contributed by atoms with Crippen molar-refractivity contribution in [1.82, 2.24) is 4.98 Å². The number of nitrogens with zero attached hydrogens (tertiary/aromatic N) is 1. The lowest BCUT2D eigenvalue weighted by Crippen LogP contribution is -1.88. The van der Waals surface area contributed by atoms with Crippen LogP contribution in [0.5, 0.6) is 0 Å². The van der Waals surface area contributed by atoms with Crippen LogP contribution >= 0.6 is 0 Å². The highest BCUT2D eigenvalue weighted by Gasteiger charge is 2.06. The fourth-order valence-corrected chi connectivity index (χ4v) is 3.07. The van der Waals surface area contributed by atoms with Crippen molar-refractivity contribution < 1.29 is 0 Å². The van der Waals surface area contributed by atoms with Gasteiger partial charge in [-0.05, 0) is 34.9 Å². The van der Waals surface area contributed by atoms with Crippen molar-refractivity contribution in [2.45, 2.75) is 6.92 Å². The summed E-state index contributed by atoms with van der Waals surface area (Å²) in [5.74, 6) is 0. The number of hydrogen-bond donors (Lipinski definition) is 0. The maximum absolute atomic E-state index is 4.65. The van der Waals surface area contributed by atoms with Crippen LogP contribution in [0.2, 0.25) is 0 Å². The number of aryl methyl sites for hydroxylation is 1. The Morgan fingerprint density at radius 3 is 2.22 bits per heavy atom. The van der Waals surface area contributed by atoms with E-state index in [1.54, 1.807) is 0 Å².